The molecule has 0 atom stereocenters. The predicted octanol–water partition coefficient (Wildman–Crippen LogP) is 5.18. The van der Waals surface area contributed by atoms with Crippen molar-refractivity contribution >= 4 is 63.8 Å². The highest BCUT2D eigenvalue weighted by molar-refractivity contribution is 8.18. The van der Waals surface area contributed by atoms with E-state index in [1.165, 1.54) is 43.5 Å². The number of anilines is 2. The summed E-state index contributed by atoms with van der Waals surface area (Å²) in [5.74, 6) is -1.95. The quantitative estimate of drug-likeness (QED) is 0.341. The molecule has 1 aliphatic rings. The minimum Gasteiger partial charge on any atom is -0.493 e. The molecule has 1 aliphatic heterocycles. The van der Waals surface area contributed by atoms with Gasteiger partial charge in [-0.2, -0.15) is 0 Å². The normalized spacial score (nSPS) is 13.9. The van der Waals surface area contributed by atoms with E-state index in [4.69, 9.17) is 21.1 Å². The lowest BCUT2D eigenvalue weighted by Crippen LogP contribution is -2.36. The highest BCUT2D eigenvalue weighted by atomic mass is 35.5. The van der Waals surface area contributed by atoms with Crippen molar-refractivity contribution in [3.8, 4) is 11.5 Å². The number of halogens is 2. The third-order valence-corrected chi connectivity index (χ3v) is 6.43. The number of hydrogen-bond donors (Lipinski definition) is 2. The minimum absolute atomic E-state index is 0.0626. The van der Waals surface area contributed by atoms with E-state index in [0.29, 0.717) is 23.0 Å². The number of carbonyl (C=O) groups is 4. The molecule has 1 saturated heterocycles. The first kappa shape index (κ1) is 27.7. The van der Waals surface area contributed by atoms with E-state index in [2.05, 4.69) is 10.6 Å². The maximum Gasteiger partial charge on any atom is 0.294 e. The van der Waals surface area contributed by atoms with Crippen molar-refractivity contribution in [2.24, 2.45) is 0 Å². The topological polar surface area (TPSA) is 114 Å². The molecule has 4 amide bonds. The van der Waals surface area contributed by atoms with Gasteiger partial charge in [-0.15, -0.1) is 0 Å². The maximum atomic E-state index is 13.3. The first-order valence-corrected chi connectivity index (χ1v) is 12.6. The summed E-state index contributed by atoms with van der Waals surface area (Å²) < 4.78 is 24.3. The average Bonchev–Trinajstić information content (AvgIpc) is 3.15. The summed E-state index contributed by atoms with van der Waals surface area (Å²) in [5, 5.41) is 4.62. The molecule has 4 rings (SSSR count). The molecule has 2 N–H and O–H groups in total. The fourth-order valence-corrected chi connectivity index (χ4v) is 4.63. The molecular formula is C27H21ClFN3O6S. The van der Waals surface area contributed by atoms with Gasteiger partial charge in [0.1, 0.15) is 12.4 Å². The van der Waals surface area contributed by atoms with Gasteiger partial charge < -0.3 is 20.1 Å². The fraction of sp³-hybridized carbons (Fsp3) is 0.111. The second kappa shape index (κ2) is 12.5. The molecule has 0 radical (unpaired) electrons. The predicted molar refractivity (Wildman–Crippen MR) is 146 cm³/mol. The molecule has 3 aromatic rings. The molecule has 0 bridgehead atoms. The lowest BCUT2D eigenvalue weighted by Gasteiger charge is -2.14. The first-order chi connectivity index (χ1) is 18.7. The van der Waals surface area contributed by atoms with E-state index in [0.717, 1.165) is 11.0 Å². The third-order valence-electron chi connectivity index (χ3n) is 5.24. The van der Waals surface area contributed by atoms with Crippen LogP contribution in [0.4, 0.5) is 20.6 Å². The van der Waals surface area contributed by atoms with Crippen molar-refractivity contribution in [2.75, 3.05) is 30.9 Å². The van der Waals surface area contributed by atoms with E-state index in [1.807, 2.05) is 6.07 Å². The van der Waals surface area contributed by atoms with Crippen LogP contribution < -0.4 is 20.1 Å². The van der Waals surface area contributed by atoms with Gasteiger partial charge in [-0.25, -0.2) is 4.39 Å². The Kier molecular flexibility index (Phi) is 8.84. The van der Waals surface area contributed by atoms with Gasteiger partial charge in [0.05, 0.1) is 17.0 Å². The van der Waals surface area contributed by atoms with Gasteiger partial charge >= 0.3 is 0 Å². The molecule has 3 aromatic carbocycles. The number of rotatable bonds is 9. The fourth-order valence-electron chi connectivity index (χ4n) is 3.52. The van der Waals surface area contributed by atoms with Crippen molar-refractivity contribution in [1.82, 2.24) is 4.90 Å². The summed E-state index contributed by atoms with van der Waals surface area (Å²) in [6.07, 6.45) is 1.43. The summed E-state index contributed by atoms with van der Waals surface area (Å²) in [7, 11) is 1.39. The van der Waals surface area contributed by atoms with Crippen LogP contribution in [0.5, 0.6) is 11.5 Å². The number of thioether (sulfide) groups is 1. The van der Waals surface area contributed by atoms with Crippen LogP contribution in [-0.4, -0.2) is 48.1 Å². The van der Waals surface area contributed by atoms with Gasteiger partial charge in [0, 0.05) is 11.4 Å². The van der Waals surface area contributed by atoms with E-state index in [-0.39, 0.29) is 33.7 Å². The standard InChI is InChI=1S/C27H21ClFN3O6S/c1-37-21-11-16(10-20(28)25(21)38-15-24(34)30-18-7-3-2-4-8-18)12-22-26(35)32(27(36)39-22)14-23(33)31-19-9-5-6-17(29)13-19/h2-13H,14-15H2,1H3,(H,30,34)(H,31,33)/b22-12+. The van der Waals surface area contributed by atoms with E-state index in [1.54, 1.807) is 24.3 Å². The zero-order valence-electron chi connectivity index (χ0n) is 20.4. The van der Waals surface area contributed by atoms with Crippen LogP contribution in [0.1, 0.15) is 5.56 Å². The first-order valence-electron chi connectivity index (χ1n) is 11.4. The number of nitrogens with zero attached hydrogens (tertiary/aromatic N) is 1. The molecule has 0 unspecified atom stereocenters. The van der Waals surface area contributed by atoms with Crippen molar-refractivity contribution in [3.05, 3.63) is 88.0 Å². The highest BCUT2D eigenvalue weighted by Gasteiger charge is 2.36. The van der Waals surface area contributed by atoms with Crippen molar-refractivity contribution in [3.63, 3.8) is 0 Å². The van der Waals surface area contributed by atoms with Crippen LogP contribution in [0, 0.1) is 5.82 Å². The van der Waals surface area contributed by atoms with Crippen molar-refractivity contribution < 1.29 is 33.0 Å². The number of nitrogens with one attached hydrogen (secondary N) is 2. The zero-order valence-corrected chi connectivity index (χ0v) is 22.0. The van der Waals surface area contributed by atoms with Gasteiger partial charge in [0.2, 0.25) is 5.91 Å². The average molecular weight is 570 g/mol. The van der Waals surface area contributed by atoms with Crippen LogP contribution in [0.2, 0.25) is 5.02 Å². The Bertz CT molecular complexity index is 1470. The lowest BCUT2D eigenvalue weighted by atomic mass is 10.1. The SMILES string of the molecule is COc1cc(/C=C2/SC(=O)N(CC(=O)Nc3cccc(F)c3)C2=O)cc(Cl)c1OCC(=O)Nc1ccccc1. The summed E-state index contributed by atoms with van der Waals surface area (Å²) >= 11 is 7.03. The Balaban J connectivity index is 1.42. The smallest absolute Gasteiger partial charge is 0.294 e. The van der Waals surface area contributed by atoms with Crippen LogP contribution in [0.3, 0.4) is 0 Å². The molecule has 200 valence electrons. The van der Waals surface area contributed by atoms with Crippen LogP contribution >= 0.6 is 23.4 Å². The Hall–Kier alpha value is -4.35. The molecule has 0 saturated carbocycles. The lowest BCUT2D eigenvalue weighted by molar-refractivity contribution is -0.127. The van der Waals surface area contributed by atoms with E-state index < -0.39 is 35.3 Å². The molecule has 1 fully saturated rings. The van der Waals surface area contributed by atoms with Gasteiger partial charge in [-0.05, 0) is 65.9 Å². The van der Waals surface area contributed by atoms with Crippen molar-refractivity contribution in [1.29, 1.82) is 0 Å². The van der Waals surface area contributed by atoms with E-state index >= 15 is 0 Å². The van der Waals surface area contributed by atoms with Gasteiger partial charge in [0.25, 0.3) is 17.1 Å². The molecule has 0 aromatic heterocycles. The highest BCUT2D eigenvalue weighted by Crippen LogP contribution is 2.39. The summed E-state index contributed by atoms with van der Waals surface area (Å²) in [6, 6.07) is 17.1. The minimum atomic E-state index is -0.674. The number of para-hydroxylation sites is 1. The third kappa shape index (κ3) is 7.15. The second-order valence-electron chi connectivity index (χ2n) is 8.06. The monoisotopic (exact) mass is 569 g/mol. The summed E-state index contributed by atoms with van der Waals surface area (Å²) in [6.45, 7) is -0.874. The number of ether oxygens (including phenoxy) is 2. The molecule has 9 nitrogen and oxygen atoms in total. The Morgan fingerprint density at radius 3 is 2.44 bits per heavy atom. The molecule has 0 aliphatic carbocycles. The maximum absolute atomic E-state index is 13.3. The summed E-state index contributed by atoms with van der Waals surface area (Å²) in [5.41, 5.74) is 1.23. The number of imide groups is 1. The van der Waals surface area contributed by atoms with Gasteiger partial charge in [0.15, 0.2) is 18.1 Å². The van der Waals surface area contributed by atoms with Gasteiger partial charge in [-0.1, -0.05) is 35.9 Å². The molecule has 39 heavy (non-hydrogen) atoms. The zero-order chi connectivity index (χ0) is 27.9. The Morgan fingerprint density at radius 1 is 1.00 bits per heavy atom. The van der Waals surface area contributed by atoms with Crippen LogP contribution in [0.15, 0.2) is 71.6 Å². The molecule has 0 spiro atoms. The number of methoxy groups -OCH3 is 1. The second-order valence-corrected chi connectivity index (χ2v) is 9.46. The molecule has 12 heteroatoms. The number of hydrogen-bond acceptors (Lipinski definition) is 7. The largest absolute Gasteiger partial charge is 0.493 e. The Labute approximate surface area is 231 Å². The molecular weight excluding hydrogens is 549 g/mol. The van der Waals surface area contributed by atoms with Gasteiger partial charge in [-0.3, -0.25) is 24.1 Å². The van der Waals surface area contributed by atoms with Crippen molar-refractivity contribution in [2.45, 2.75) is 0 Å². The van der Waals surface area contributed by atoms with Crippen LogP contribution in [0.25, 0.3) is 6.08 Å². The Morgan fingerprint density at radius 2 is 1.72 bits per heavy atom. The molecule has 1 heterocycles. The van der Waals surface area contributed by atoms with Crippen LogP contribution in [-0.2, 0) is 14.4 Å². The van der Waals surface area contributed by atoms with E-state index in [9.17, 15) is 23.6 Å². The number of benzene rings is 3. The summed E-state index contributed by atoms with van der Waals surface area (Å²) in [4.78, 5) is 50.7. The number of amides is 4. The number of carbonyl (C=O) groups excluding carboxylic acids is 4.